The van der Waals surface area contributed by atoms with Crippen LogP contribution in [0.1, 0.15) is 13.8 Å². The van der Waals surface area contributed by atoms with E-state index in [9.17, 15) is 14.7 Å². The maximum absolute atomic E-state index is 11.8. The van der Waals surface area contributed by atoms with Crippen LogP contribution in [0.25, 0.3) is 0 Å². The number of carbonyl (C=O) groups excluding carboxylic acids is 2. The minimum absolute atomic E-state index is 0.275. The van der Waals surface area contributed by atoms with Gasteiger partial charge in [0.1, 0.15) is 17.2 Å². The number of carboxylic acid groups (broad SMARTS) is 1. The molecule has 0 aliphatic carbocycles. The Balaban J connectivity index is 1.85. The summed E-state index contributed by atoms with van der Waals surface area (Å²) in [6, 6.07) is 15.1. The van der Waals surface area contributed by atoms with Crippen LogP contribution in [0.2, 0.25) is 0 Å². The van der Waals surface area contributed by atoms with Crippen molar-refractivity contribution < 1.29 is 24.2 Å². The van der Waals surface area contributed by atoms with Gasteiger partial charge in [-0.05, 0) is 42.3 Å². The number of nitrogens with one attached hydrogen (secondary N) is 1. The molecule has 0 fully saturated rings. The maximum Gasteiger partial charge on any atom is 0.258 e. The molecular weight excluding hydrogens is 322 g/mol. The van der Waals surface area contributed by atoms with Gasteiger partial charge >= 0.3 is 0 Å². The van der Waals surface area contributed by atoms with Crippen LogP contribution in [0, 0.1) is 5.92 Å². The lowest BCUT2D eigenvalue weighted by molar-refractivity contribution is -0.309. The summed E-state index contributed by atoms with van der Waals surface area (Å²) in [5, 5.41) is 13.3. The number of aliphatic carboxylic acids is 1. The van der Waals surface area contributed by atoms with Gasteiger partial charge in [-0.3, -0.25) is 4.79 Å². The van der Waals surface area contributed by atoms with E-state index in [-0.39, 0.29) is 12.5 Å². The maximum atomic E-state index is 11.8. The fourth-order valence-electron chi connectivity index (χ4n) is 2.09. The predicted molar refractivity (Wildman–Crippen MR) is 90.2 cm³/mol. The van der Waals surface area contributed by atoms with E-state index in [1.54, 1.807) is 38.1 Å². The number of hydrogen-bond donors (Lipinski definition) is 1. The zero-order chi connectivity index (χ0) is 18.2. The lowest BCUT2D eigenvalue weighted by atomic mass is 10.1. The molecule has 0 bridgehead atoms. The van der Waals surface area contributed by atoms with Gasteiger partial charge in [-0.25, -0.2) is 0 Å². The highest BCUT2D eigenvalue weighted by atomic mass is 16.5. The Bertz CT molecular complexity index is 698. The highest BCUT2D eigenvalue weighted by Crippen LogP contribution is 2.23. The highest BCUT2D eigenvalue weighted by Gasteiger charge is 2.17. The predicted octanol–water partition coefficient (Wildman–Crippen LogP) is 1.75. The Morgan fingerprint density at radius 2 is 1.52 bits per heavy atom. The number of para-hydroxylation sites is 1. The van der Waals surface area contributed by atoms with Crippen molar-refractivity contribution in [2.75, 3.05) is 6.61 Å². The lowest BCUT2D eigenvalue weighted by Gasteiger charge is -2.23. The lowest BCUT2D eigenvalue weighted by Crippen LogP contribution is -2.51. The van der Waals surface area contributed by atoms with Crippen LogP contribution in [0.3, 0.4) is 0 Å². The molecule has 6 nitrogen and oxygen atoms in total. The first-order chi connectivity index (χ1) is 12.0. The number of amides is 1. The summed E-state index contributed by atoms with van der Waals surface area (Å²) in [5.74, 6) is -0.274. The van der Waals surface area contributed by atoms with E-state index in [0.29, 0.717) is 11.5 Å². The topological polar surface area (TPSA) is 87.7 Å². The van der Waals surface area contributed by atoms with E-state index in [0.717, 1.165) is 5.75 Å². The van der Waals surface area contributed by atoms with Crippen molar-refractivity contribution in [1.29, 1.82) is 0 Å². The van der Waals surface area contributed by atoms with E-state index in [1.807, 2.05) is 30.3 Å². The molecule has 0 saturated carbocycles. The third-order valence-corrected chi connectivity index (χ3v) is 3.41. The summed E-state index contributed by atoms with van der Waals surface area (Å²) in [6.45, 7) is 3.09. The Labute approximate surface area is 146 Å². The molecule has 0 saturated heterocycles. The summed E-state index contributed by atoms with van der Waals surface area (Å²) < 4.78 is 11.0. The summed E-state index contributed by atoms with van der Waals surface area (Å²) in [6.07, 6.45) is 0. The van der Waals surface area contributed by atoms with Crippen molar-refractivity contribution in [3.63, 3.8) is 0 Å². The summed E-state index contributed by atoms with van der Waals surface area (Å²) >= 11 is 0. The molecule has 1 atom stereocenters. The molecular formula is C19H20NO5-. The zero-order valence-corrected chi connectivity index (χ0v) is 14.1. The quantitative estimate of drug-likeness (QED) is 0.790. The molecule has 25 heavy (non-hydrogen) atoms. The highest BCUT2D eigenvalue weighted by molar-refractivity contribution is 5.83. The molecule has 1 amide bonds. The molecule has 0 aromatic heterocycles. The summed E-state index contributed by atoms with van der Waals surface area (Å²) in [4.78, 5) is 22.7. The van der Waals surface area contributed by atoms with Gasteiger partial charge in [-0.1, -0.05) is 32.0 Å². The average molecular weight is 342 g/mol. The molecule has 132 valence electrons. The normalized spacial score (nSPS) is 11.6. The molecule has 0 aliphatic rings. The van der Waals surface area contributed by atoms with E-state index < -0.39 is 17.9 Å². The van der Waals surface area contributed by atoms with Crippen LogP contribution in [-0.2, 0) is 9.59 Å². The Morgan fingerprint density at radius 3 is 2.08 bits per heavy atom. The van der Waals surface area contributed by atoms with Crippen LogP contribution in [0.5, 0.6) is 17.2 Å². The molecule has 0 spiro atoms. The summed E-state index contributed by atoms with van der Waals surface area (Å²) in [5.41, 5.74) is 0. The van der Waals surface area contributed by atoms with Crippen molar-refractivity contribution in [2.45, 2.75) is 19.9 Å². The SMILES string of the molecule is CC(C)[C@@H](NC(=O)COc1ccc(Oc2ccccc2)cc1)C(=O)[O-]. The first-order valence-corrected chi connectivity index (χ1v) is 7.91. The fourth-order valence-corrected chi connectivity index (χ4v) is 2.09. The number of hydrogen-bond acceptors (Lipinski definition) is 5. The first-order valence-electron chi connectivity index (χ1n) is 7.91. The minimum atomic E-state index is -1.31. The van der Waals surface area contributed by atoms with Crippen LogP contribution >= 0.6 is 0 Å². The van der Waals surface area contributed by atoms with Crippen LogP contribution < -0.4 is 19.9 Å². The molecule has 0 radical (unpaired) electrons. The molecule has 0 heterocycles. The first kappa shape index (κ1) is 18.3. The van der Waals surface area contributed by atoms with Gasteiger partial charge in [0.25, 0.3) is 5.91 Å². The van der Waals surface area contributed by atoms with Gasteiger partial charge in [0.2, 0.25) is 0 Å². The van der Waals surface area contributed by atoms with E-state index in [2.05, 4.69) is 5.32 Å². The van der Waals surface area contributed by atoms with Crippen molar-refractivity contribution in [3.05, 3.63) is 54.6 Å². The van der Waals surface area contributed by atoms with E-state index in [1.165, 1.54) is 0 Å². The van der Waals surface area contributed by atoms with Crippen LogP contribution in [0.15, 0.2) is 54.6 Å². The molecule has 0 unspecified atom stereocenters. The minimum Gasteiger partial charge on any atom is -0.548 e. The van der Waals surface area contributed by atoms with Gasteiger partial charge in [-0.15, -0.1) is 0 Å². The zero-order valence-electron chi connectivity index (χ0n) is 14.1. The monoisotopic (exact) mass is 342 g/mol. The molecule has 6 heteroatoms. The standard InChI is InChI=1S/C19H21NO5/c1-13(2)18(19(22)23)20-17(21)12-24-14-8-10-16(11-9-14)25-15-6-4-3-5-7-15/h3-11,13,18H,12H2,1-2H3,(H,20,21)(H,22,23)/p-1/t18-/m1/s1. The fraction of sp³-hybridized carbons (Fsp3) is 0.263. The van der Waals surface area contributed by atoms with Gasteiger partial charge < -0.3 is 24.7 Å². The van der Waals surface area contributed by atoms with Crippen LogP contribution in [-0.4, -0.2) is 24.5 Å². The van der Waals surface area contributed by atoms with Crippen molar-refractivity contribution >= 4 is 11.9 Å². The van der Waals surface area contributed by atoms with Gasteiger partial charge in [0.15, 0.2) is 6.61 Å². The van der Waals surface area contributed by atoms with Crippen LogP contribution in [0.4, 0.5) is 0 Å². The number of carbonyl (C=O) groups is 2. The number of rotatable bonds is 8. The smallest absolute Gasteiger partial charge is 0.258 e. The number of ether oxygens (including phenoxy) is 2. The molecule has 1 N–H and O–H groups in total. The second-order valence-electron chi connectivity index (χ2n) is 5.78. The Morgan fingerprint density at radius 1 is 0.960 bits per heavy atom. The number of carboxylic acids is 1. The van der Waals surface area contributed by atoms with Crippen molar-refractivity contribution in [3.8, 4) is 17.2 Å². The average Bonchev–Trinajstić information content (AvgIpc) is 2.59. The van der Waals surface area contributed by atoms with Crippen molar-refractivity contribution in [1.82, 2.24) is 5.32 Å². The Kier molecular flexibility index (Phi) is 6.39. The van der Waals surface area contributed by atoms with E-state index in [4.69, 9.17) is 9.47 Å². The third kappa shape index (κ3) is 5.84. The number of benzene rings is 2. The Hall–Kier alpha value is -3.02. The van der Waals surface area contributed by atoms with Gasteiger partial charge in [-0.2, -0.15) is 0 Å². The molecule has 2 aromatic rings. The second-order valence-corrected chi connectivity index (χ2v) is 5.78. The third-order valence-electron chi connectivity index (χ3n) is 3.41. The van der Waals surface area contributed by atoms with E-state index >= 15 is 0 Å². The molecule has 2 aromatic carbocycles. The summed E-state index contributed by atoms with van der Waals surface area (Å²) in [7, 11) is 0. The van der Waals surface area contributed by atoms with Crippen molar-refractivity contribution in [2.24, 2.45) is 5.92 Å². The van der Waals surface area contributed by atoms with Gasteiger partial charge in [0.05, 0.1) is 12.0 Å². The largest absolute Gasteiger partial charge is 0.548 e. The molecule has 2 rings (SSSR count). The van der Waals surface area contributed by atoms with Gasteiger partial charge in [0, 0.05) is 0 Å². The molecule has 0 aliphatic heterocycles. The second kappa shape index (κ2) is 8.73.